The maximum Gasteiger partial charge on any atom is 0.272 e. The number of hydrogen-bond donors (Lipinski definition) is 1. The first-order valence-corrected chi connectivity index (χ1v) is 8.50. The number of amides is 1. The Morgan fingerprint density at radius 1 is 1.32 bits per heavy atom. The van der Waals surface area contributed by atoms with E-state index in [1.807, 2.05) is 24.3 Å². The molecule has 1 atom stereocenters. The van der Waals surface area contributed by atoms with E-state index in [0.29, 0.717) is 12.2 Å². The summed E-state index contributed by atoms with van der Waals surface area (Å²) in [6, 6.07) is 8.01. The molecular weight excluding hydrogens is 320 g/mol. The number of nitrogens with one attached hydrogen (secondary N) is 1. The first-order valence-electron chi connectivity index (χ1n) is 7.29. The normalized spacial score (nSPS) is 16.6. The Morgan fingerprint density at radius 3 is 2.68 bits per heavy atom. The van der Waals surface area contributed by atoms with Crippen molar-refractivity contribution in [1.29, 1.82) is 0 Å². The lowest BCUT2D eigenvalue weighted by atomic mass is 10.1. The van der Waals surface area contributed by atoms with Crippen LogP contribution in [0.2, 0.25) is 5.02 Å². The van der Waals surface area contributed by atoms with Gasteiger partial charge in [-0.05, 0) is 55.2 Å². The predicted molar refractivity (Wildman–Crippen MR) is 87.2 cm³/mol. The monoisotopic (exact) mass is 336 g/mol. The summed E-state index contributed by atoms with van der Waals surface area (Å²) in [7, 11) is 0. The zero-order chi connectivity index (χ0) is 15.4. The average molecular weight is 337 g/mol. The summed E-state index contributed by atoms with van der Waals surface area (Å²) in [5, 5.41) is 9.15. The molecule has 1 aromatic heterocycles. The molecule has 1 fully saturated rings. The van der Waals surface area contributed by atoms with E-state index < -0.39 is 0 Å². The van der Waals surface area contributed by atoms with Crippen LogP contribution in [0.5, 0.6) is 0 Å². The van der Waals surface area contributed by atoms with E-state index in [4.69, 9.17) is 11.6 Å². The highest BCUT2D eigenvalue weighted by molar-refractivity contribution is 7.03. The largest absolute Gasteiger partial charge is 0.349 e. The molecule has 1 amide bonds. The second kappa shape index (κ2) is 7.17. The average Bonchev–Trinajstić information content (AvgIpc) is 3.22. The summed E-state index contributed by atoms with van der Waals surface area (Å²) >= 11 is 7.15. The van der Waals surface area contributed by atoms with Gasteiger partial charge in [0.2, 0.25) is 0 Å². The van der Waals surface area contributed by atoms with Crippen molar-refractivity contribution < 1.29 is 4.79 Å². The first-order chi connectivity index (χ1) is 10.7. The molecule has 2 heterocycles. The molecule has 1 aromatic carbocycles. The second-order valence-corrected chi connectivity index (χ2v) is 6.36. The number of hydrogen-bond acceptors (Lipinski definition) is 5. The van der Waals surface area contributed by atoms with Crippen LogP contribution in [0.25, 0.3) is 0 Å². The number of likely N-dealkylation sites (tertiary alicyclic amines) is 1. The van der Waals surface area contributed by atoms with Gasteiger partial charge in [-0.1, -0.05) is 28.2 Å². The van der Waals surface area contributed by atoms with E-state index in [1.165, 1.54) is 29.9 Å². The molecule has 1 saturated heterocycles. The second-order valence-electron chi connectivity index (χ2n) is 5.31. The Balaban J connectivity index is 1.71. The van der Waals surface area contributed by atoms with Gasteiger partial charge in [0.15, 0.2) is 5.69 Å². The lowest BCUT2D eigenvalue weighted by Gasteiger charge is -2.28. The standard InChI is InChI=1S/C15H17ClN4OS/c16-12-5-3-11(4-6-12)14(20-7-1-2-8-20)9-17-15(21)13-10-22-19-18-13/h3-6,10,14H,1-2,7-9H2,(H,17,21). The summed E-state index contributed by atoms with van der Waals surface area (Å²) in [6.45, 7) is 2.67. The minimum atomic E-state index is -0.174. The van der Waals surface area contributed by atoms with Gasteiger partial charge < -0.3 is 5.32 Å². The highest BCUT2D eigenvalue weighted by atomic mass is 35.5. The molecule has 3 rings (SSSR count). The fourth-order valence-corrected chi connectivity index (χ4v) is 3.30. The highest BCUT2D eigenvalue weighted by Crippen LogP contribution is 2.25. The van der Waals surface area contributed by atoms with E-state index in [0.717, 1.165) is 18.1 Å². The molecule has 0 aliphatic carbocycles. The fourth-order valence-electron chi connectivity index (χ4n) is 2.74. The molecule has 1 aliphatic rings. The van der Waals surface area contributed by atoms with E-state index in [-0.39, 0.29) is 11.9 Å². The summed E-state index contributed by atoms with van der Waals surface area (Å²) in [4.78, 5) is 14.5. The Bertz CT molecular complexity index is 611. The Hall–Kier alpha value is -1.50. The summed E-state index contributed by atoms with van der Waals surface area (Å²) in [5.41, 5.74) is 1.55. The predicted octanol–water partition coefficient (Wildman–Crippen LogP) is 2.76. The van der Waals surface area contributed by atoms with Crippen LogP contribution in [0.15, 0.2) is 29.6 Å². The molecular formula is C15H17ClN4OS. The van der Waals surface area contributed by atoms with E-state index in [2.05, 4.69) is 19.8 Å². The first kappa shape index (κ1) is 15.4. The van der Waals surface area contributed by atoms with E-state index >= 15 is 0 Å². The van der Waals surface area contributed by atoms with E-state index in [1.54, 1.807) is 5.38 Å². The number of halogens is 1. The van der Waals surface area contributed by atoms with Gasteiger partial charge in [-0.15, -0.1) is 5.10 Å². The fraction of sp³-hybridized carbons (Fsp3) is 0.400. The van der Waals surface area contributed by atoms with Crippen LogP contribution >= 0.6 is 23.1 Å². The van der Waals surface area contributed by atoms with Crippen LogP contribution in [-0.4, -0.2) is 40.0 Å². The molecule has 2 aromatic rings. The van der Waals surface area contributed by atoms with Crippen molar-refractivity contribution >= 4 is 29.0 Å². The summed E-state index contributed by atoms with van der Waals surface area (Å²) in [6.07, 6.45) is 2.40. The topological polar surface area (TPSA) is 58.1 Å². The molecule has 1 aliphatic heterocycles. The van der Waals surface area contributed by atoms with Crippen LogP contribution in [0.3, 0.4) is 0 Å². The molecule has 7 heteroatoms. The Morgan fingerprint density at radius 2 is 2.05 bits per heavy atom. The third-order valence-electron chi connectivity index (χ3n) is 3.88. The van der Waals surface area contributed by atoms with Crippen molar-refractivity contribution in [3.05, 3.63) is 45.9 Å². The van der Waals surface area contributed by atoms with Gasteiger partial charge in [0.05, 0.1) is 6.04 Å². The molecule has 5 nitrogen and oxygen atoms in total. The van der Waals surface area contributed by atoms with Gasteiger partial charge >= 0.3 is 0 Å². The van der Waals surface area contributed by atoms with Gasteiger partial charge in [-0.3, -0.25) is 9.69 Å². The molecule has 22 heavy (non-hydrogen) atoms. The number of aromatic nitrogens is 2. The number of rotatable bonds is 5. The number of carbonyl (C=O) groups is 1. The van der Waals surface area contributed by atoms with Crippen molar-refractivity contribution in [3.8, 4) is 0 Å². The zero-order valence-electron chi connectivity index (χ0n) is 12.0. The van der Waals surface area contributed by atoms with Crippen LogP contribution in [0.4, 0.5) is 0 Å². The maximum atomic E-state index is 12.1. The van der Waals surface area contributed by atoms with E-state index in [9.17, 15) is 4.79 Å². The molecule has 0 radical (unpaired) electrons. The van der Waals surface area contributed by atoms with Crippen LogP contribution in [0, 0.1) is 0 Å². The van der Waals surface area contributed by atoms with Crippen LogP contribution in [-0.2, 0) is 0 Å². The highest BCUT2D eigenvalue weighted by Gasteiger charge is 2.24. The molecule has 0 bridgehead atoms. The smallest absolute Gasteiger partial charge is 0.272 e. The molecule has 0 spiro atoms. The number of nitrogens with zero attached hydrogens (tertiary/aromatic N) is 3. The van der Waals surface area contributed by atoms with Crippen molar-refractivity contribution in [2.45, 2.75) is 18.9 Å². The van der Waals surface area contributed by atoms with Gasteiger partial charge in [-0.2, -0.15) is 0 Å². The van der Waals surface area contributed by atoms with Gasteiger partial charge in [0.25, 0.3) is 5.91 Å². The SMILES string of the molecule is O=C(NCC(c1ccc(Cl)cc1)N1CCCC1)c1csnn1. The van der Waals surface area contributed by atoms with Crippen molar-refractivity contribution in [2.75, 3.05) is 19.6 Å². The van der Waals surface area contributed by atoms with Gasteiger partial charge in [0.1, 0.15) is 0 Å². The minimum Gasteiger partial charge on any atom is -0.349 e. The molecule has 116 valence electrons. The quantitative estimate of drug-likeness (QED) is 0.912. The molecule has 1 unspecified atom stereocenters. The third kappa shape index (κ3) is 3.63. The van der Waals surface area contributed by atoms with Crippen molar-refractivity contribution in [2.24, 2.45) is 0 Å². The zero-order valence-corrected chi connectivity index (χ0v) is 13.6. The summed E-state index contributed by atoms with van der Waals surface area (Å²) < 4.78 is 3.72. The van der Waals surface area contributed by atoms with Gasteiger partial charge in [-0.25, -0.2) is 0 Å². The van der Waals surface area contributed by atoms with Crippen molar-refractivity contribution in [1.82, 2.24) is 19.8 Å². The lowest BCUT2D eigenvalue weighted by Crippen LogP contribution is -2.36. The summed E-state index contributed by atoms with van der Waals surface area (Å²) in [5.74, 6) is -0.174. The van der Waals surface area contributed by atoms with Gasteiger partial charge in [0, 0.05) is 16.9 Å². The van der Waals surface area contributed by atoms with Crippen molar-refractivity contribution in [3.63, 3.8) is 0 Å². The molecule has 0 saturated carbocycles. The Labute approximate surface area is 138 Å². The van der Waals surface area contributed by atoms with Crippen LogP contribution < -0.4 is 5.32 Å². The number of benzene rings is 1. The maximum absolute atomic E-state index is 12.1. The number of carbonyl (C=O) groups excluding carboxylic acids is 1. The molecule has 1 N–H and O–H groups in total. The third-order valence-corrected chi connectivity index (χ3v) is 4.64. The van der Waals surface area contributed by atoms with Crippen LogP contribution in [0.1, 0.15) is 34.9 Å². The minimum absolute atomic E-state index is 0.162. The lowest BCUT2D eigenvalue weighted by molar-refractivity contribution is 0.0933. The Kier molecular flexibility index (Phi) is 5.02.